The highest BCUT2D eigenvalue weighted by Crippen LogP contribution is 2.26. The van der Waals surface area contributed by atoms with Gasteiger partial charge in [0.15, 0.2) is 0 Å². The predicted octanol–water partition coefficient (Wildman–Crippen LogP) is 3.62. The van der Waals surface area contributed by atoms with Gasteiger partial charge >= 0.3 is 0 Å². The van der Waals surface area contributed by atoms with E-state index in [1.807, 2.05) is 19.1 Å². The number of benzene rings is 1. The second-order valence-corrected chi connectivity index (χ2v) is 10.1. The van der Waals surface area contributed by atoms with Gasteiger partial charge in [0, 0.05) is 25.6 Å². The van der Waals surface area contributed by atoms with Crippen molar-refractivity contribution in [2.24, 2.45) is 5.92 Å². The lowest BCUT2D eigenvalue weighted by atomic mass is 9.94. The van der Waals surface area contributed by atoms with Crippen molar-refractivity contribution in [1.29, 1.82) is 0 Å². The van der Waals surface area contributed by atoms with Crippen LogP contribution >= 0.6 is 0 Å². The molecule has 1 saturated heterocycles. The van der Waals surface area contributed by atoms with Crippen molar-refractivity contribution in [3.63, 3.8) is 0 Å². The van der Waals surface area contributed by atoms with Crippen LogP contribution in [0.5, 0.6) is 0 Å². The van der Waals surface area contributed by atoms with Gasteiger partial charge < -0.3 is 5.32 Å². The summed E-state index contributed by atoms with van der Waals surface area (Å²) >= 11 is 0. The summed E-state index contributed by atoms with van der Waals surface area (Å²) in [5.74, 6) is 0.419. The van der Waals surface area contributed by atoms with Crippen LogP contribution in [-0.4, -0.2) is 37.8 Å². The van der Waals surface area contributed by atoms with Gasteiger partial charge in [-0.3, -0.25) is 4.79 Å². The summed E-state index contributed by atoms with van der Waals surface area (Å²) in [5, 5.41) is 3.21. The molecule has 1 heterocycles. The van der Waals surface area contributed by atoms with Crippen molar-refractivity contribution < 1.29 is 13.2 Å². The summed E-state index contributed by atoms with van der Waals surface area (Å²) in [6, 6.07) is 7.35. The molecule has 2 aliphatic rings. The van der Waals surface area contributed by atoms with E-state index in [0.29, 0.717) is 30.4 Å². The van der Waals surface area contributed by atoms with Crippen LogP contribution in [0.15, 0.2) is 29.2 Å². The maximum Gasteiger partial charge on any atom is 0.243 e. The Balaban J connectivity index is 1.48. The maximum absolute atomic E-state index is 12.8. The van der Waals surface area contributed by atoms with Gasteiger partial charge in [-0.1, -0.05) is 43.4 Å². The van der Waals surface area contributed by atoms with Gasteiger partial charge in [-0.2, -0.15) is 4.31 Å². The summed E-state index contributed by atoms with van der Waals surface area (Å²) in [6.45, 7) is 2.94. The molecule has 150 valence electrons. The second-order valence-electron chi connectivity index (χ2n) is 8.12. The van der Waals surface area contributed by atoms with Crippen LogP contribution in [0.3, 0.4) is 0 Å². The molecule has 5 nitrogen and oxygen atoms in total. The minimum Gasteiger partial charge on any atom is -0.353 e. The van der Waals surface area contributed by atoms with Gasteiger partial charge in [0.05, 0.1) is 4.90 Å². The van der Waals surface area contributed by atoms with Crippen molar-refractivity contribution in [3.05, 3.63) is 29.8 Å². The number of amides is 1. The van der Waals surface area contributed by atoms with E-state index >= 15 is 0 Å². The van der Waals surface area contributed by atoms with Gasteiger partial charge in [-0.05, 0) is 50.7 Å². The molecule has 1 aliphatic heterocycles. The number of carbonyl (C=O) groups is 1. The van der Waals surface area contributed by atoms with Gasteiger partial charge in [0.2, 0.25) is 15.9 Å². The van der Waals surface area contributed by atoms with Crippen LogP contribution in [0.1, 0.15) is 63.4 Å². The summed E-state index contributed by atoms with van der Waals surface area (Å²) in [5.41, 5.74) is 1.05. The molecule has 3 rings (SSSR count). The molecule has 1 aromatic carbocycles. The van der Waals surface area contributed by atoms with Crippen LogP contribution in [0.4, 0.5) is 0 Å². The average Bonchev–Trinajstić information content (AvgIpc) is 2.91. The van der Waals surface area contributed by atoms with Gasteiger partial charge in [0.1, 0.15) is 0 Å². The molecular formula is C21H32N2O3S. The van der Waals surface area contributed by atoms with E-state index in [1.54, 1.807) is 16.4 Å². The molecule has 0 atom stereocenters. The number of hydrogen-bond acceptors (Lipinski definition) is 3. The lowest BCUT2D eigenvalue weighted by Gasteiger charge is -2.31. The number of sulfonamides is 1. The first kappa shape index (κ1) is 20.3. The third kappa shape index (κ3) is 5.55. The summed E-state index contributed by atoms with van der Waals surface area (Å²) < 4.78 is 27.1. The van der Waals surface area contributed by atoms with Crippen molar-refractivity contribution in [2.45, 2.75) is 75.6 Å². The second kappa shape index (κ2) is 9.20. The fourth-order valence-corrected chi connectivity index (χ4v) is 5.66. The number of piperidine rings is 1. The van der Waals surface area contributed by atoms with E-state index in [0.717, 1.165) is 31.2 Å². The number of hydrogen-bond donors (Lipinski definition) is 1. The third-order valence-electron chi connectivity index (χ3n) is 5.93. The molecule has 1 amide bonds. The van der Waals surface area contributed by atoms with E-state index < -0.39 is 10.0 Å². The smallest absolute Gasteiger partial charge is 0.243 e. The lowest BCUT2D eigenvalue weighted by Crippen LogP contribution is -2.40. The minimum absolute atomic E-state index is 0.141. The first-order valence-corrected chi connectivity index (χ1v) is 11.8. The first-order valence-electron chi connectivity index (χ1n) is 10.3. The van der Waals surface area contributed by atoms with Gasteiger partial charge in [-0.25, -0.2) is 8.42 Å². The van der Waals surface area contributed by atoms with Crippen molar-refractivity contribution in [1.82, 2.24) is 9.62 Å². The number of nitrogens with one attached hydrogen (secondary N) is 1. The number of aryl methyl sites for hydroxylation is 1. The molecular weight excluding hydrogens is 360 g/mol. The Labute approximate surface area is 163 Å². The Bertz CT molecular complexity index is 714. The molecule has 1 saturated carbocycles. The van der Waals surface area contributed by atoms with Crippen LogP contribution in [-0.2, 0) is 14.8 Å². The summed E-state index contributed by atoms with van der Waals surface area (Å²) in [6.07, 6.45) is 9.19. The van der Waals surface area contributed by atoms with Crippen molar-refractivity contribution in [3.8, 4) is 0 Å². The average molecular weight is 393 g/mol. The molecule has 0 unspecified atom stereocenters. The highest BCUT2D eigenvalue weighted by molar-refractivity contribution is 7.89. The SMILES string of the molecule is Cc1ccc(S(=O)(=O)N2CCC(CC(=O)NC3CCCCCC3)CC2)cc1. The zero-order valence-electron chi connectivity index (χ0n) is 16.3. The first-order chi connectivity index (χ1) is 12.9. The highest BCUT2D eigenvalue weighted by atomic mass is 32.2. The topological polar surface area (TPSA) is 66.5 Å². The standard InChI is InChI=1S/C21H32N2O3S/c1-17-8-10-20(11-9-17)27(25,26)23-14-12-18(13-15-23)16-21(24)22-19-6-4-2-3-5-7-19/h8-11,18-19H,2-7,12-16H2,1H3,(H,22,24). The van der Waals surface area contributed by atoms with Crippen molar-refractivity contribution in [2.75, 3.05) is 13.1 Å². The number of nitrogens with zero attached hydrogens (tertiary/aromatic N) is 1. The molecule has 0 aromatic heterocycles. The zero-order valence-corrected chi connectivity index (χ0v) is 17.1. The van der Waals surface area contributed by atoms with Crippen LogP contribution in [0.2, 0.25) is 0 Å². The van der Waals surface area contributed by atoms with Crippen molar-refractivity contribution >= 4 is 15.9 Å². The molecule has 0 bridgehead atoms. The molecule has 0 spiro atoms. The van der Waals surface area contributed by atoms with E-state index in [9.17, 15) is 13.2 Å². The summed E-state index contributed by atoms with van der Waals surface area (Å²) in [7, 11) is -3.42. The molecule has 6 heteroatoms. The quantitative estimate of drug-likeness (QED) is 0.778. The van der Waals surface area contributed by atoms with Gasteiger partial charge in [0.25, 0.3) is 0 Å². The molecule has 0 radical (unpaired) electrons. The van der Waals surface area contributed by atoms with E-state index in [4.69, 9.17) is 0 Å². The fourth-order valence-electron chi connectivity index (χ4n) is 4.19. The molecule has 1 aromatic rings. The van der Waals surface area contributed by atoms with Crippen LogP contribution in [0.25, 0.3) is 0 Å². The van der Waals surface area contributed by atoms with Gasteiger partial charge in [-0.15, -0.1) is 0 Å². The lowest BCUT2D eigenvalue weighted by molar-refractivity contribution is -0.123. The Morgan fingerprint density at radius 1 is 1.00 bits per heavy atom. The normalized spacial score (nSPS) is 20.9. The highest BCUT2D eigenvalue weighted by Gasteiger charge is 2.30. The monoisotopic (exact) mass is 392 g/mol. The molecule has 1 aliphatic carbocycles. The fraction of sp³-hybridized carbons (Fsp3) is 0.667. The predicted molar refractivity (Wildman–Crippen MR) is 107 cm³/mol. The van der Waals surface area contributed by atoms with Crippen LogP contribution in [0, 0.1) is 12.8 Å². The maximum atomic E-state index is 12.8. The zero-order chi connectivity index (χ0) is 19.3. The Morgan fingerprint density at radius 2 is 1.59 bits per heavy atom. The van der Waals surface area contributed by atoms with Crippen LogP contribution < -0.4 is 5.32 Å². The number of carbonyl (C=O) groups excluding carboxylic acids is 1. The minimum atomic E-state index is -3.42. The third-order valence-corrected chi connectivity index (χ3v) is 7.84. The molecule has 27 heavy (non-hydrogen) atoms. The molecule has 1 N–H and O–H groups in total. The molecule has 2 fully saturated rings. The Morgan fingerprint density at radius 3 is 2.19 bits per heavy atom. The van der Waals surface area contributed by atoms with E-state index in [-0.39, 0.29) is 11.8 Å². The summed E-state index contributed by atoms with van der Waals surface area (Å²) in [4.78, 5) is 12.7. The largest absolute Gasteiger partial charge is 0.353 e. The Kier molecular flexibility index (Phi) is 6.93. The number of rotatable bonds is 5. The van der Waals surface area contributed by atoms with E-state index in [2.05, 4.69) is 5.32 Å². The van der Waals surface area contributed by atoms with E-state index in [1.165, 1.54) is 25.7 Å². The Hall–Kier alpha value is -1.40.